The Morgan fingerprint density at radius 1 is 1.11 bits per heavy atom. The first kappa shape index (κ1) is 21.1. The van der Waals surface area contributed by atoms with Gasteiger partial charge in [-0.25, -0.2) is 0 Å². The van der Waals surface area contributed by atoms with E-state index >= 15 is 0 Å². The Bertz CT molecular complexity index is 883. The molecule has 0 aromatic heterocycles. The lowest BCUT2D eigenvalue weighted by atomic mass is 9.86. The van der Waals surface area contributed by atoms with Crippen LogP contribution in [0.15, 0.2) is 42.5 Å². The van der Waals surface area contributed by atoms with Crippen LogP contribution < -0.4 is 10.1 Å². The number of ether oxygens (including phenoxy) is 1. The van der Waals surface area contributed by atoms with E-state index in [1.54, 1.807) is 6.07 Å². The molecule has 0 aliphatic heterocycles. The molecule has 0 unspecified atom stereocenters. The van der Waals surface area contributed by atoms with Gasteiger partial charge in [0.2, 0.25) is 0 Å². The maximum Gasteiger partial charge on any atom is 0.312 e. The fraction of sp³-hybridized carbons (Fsp3) is 0.333. The normalized spacial score (nSPS) is 11.0. The fourth-order valence-corrected chi connectivity index (χ4v) is 2.52. The van der Waals surface area contributed by atoms with Gasteiger partial charge in [0.25, 0.3) is 11.6 Å². The molecule has 7 nitrogen and oxygen atoms in total. The number of benzene rings is 2. The Morgan fingerprint density at radius 2 is 1.75 bits per heavy atom. The lowest BCUT2D eigenvalue weighted by Crippen LogP contribution is -2.27. The van der Waals surface area contributed by atoms with Gasteiger partial charge in [-0.05, 0) is 41.7 Å². The van der Waals surface area contributed by atoms with Crippen LogP contribution in [-0.2, 0) is 10.2 Å². The van der Waals surface area contributed by atoms with Gasteiger partial charge in [-0.2, -0.15) is 0 Å². The fourth-order valence-electron chi connectivity index (χ4n) is 2.52. The summed E-state index contributed by atoms with van der Waals surface area (Å²) in [6, 6.07) is 11.0. The van der Waals surface area contributed by atoms with E-state index < -0.39 is 16.8 Å². The molecule has 0 bridgehead atoms. The summed E-state index contributed by atoms with van der Waals surface area (Å²) in [4.78, 5) is 34.1. The summed E-state index contributed by atoms with van der Waals surface area (Å²) in [5.74, 6) is -0.358. The van der Waals surface area contributed by atoms with Crippen molar-refractivity contribution in [1.29, 1.82) is 0 Å². The van der Waals surface area contributed by atoms with Gasteiger partial charge in [0, 0.05) is 24.2 Å². The minimum atomic E-state index is -0.534. The van der Waals surface area contributed by atoms with Gasteiger partial charge in [0.05, 0.1) is 11.3 Å². The number of hydrogen-bond acceptors (Lipinski definition) is 5. The predicted octanol–water partition coefficient (Wildman–Crippen LogP) is 3.93. The summed E-state index contributed by atoms with van der Waals surface area (Å²) in [6.07, 6.45) is 0.0131. The Morgan fingerprint density at radius 3 is 2.29 bits per heavy atom. The highest BCUT2D eigenvalue weighted by Gasteiger charge is 2.16. The maximum absolute atomic E-state index is 12.0. The summed E-state index contributed by atoms with van der Waals surface area (Å²) < 4.78 is 5.38. The maximum atomic E-state index is 12.0. The molecule has 2 rings (SSSR count). The van der Waals surface area contributed by atoms with E-state index in [0.717, 1.165) is 11.1 Å². The number of esters is 1. The number of rotatable bonds is 6. The third kappa shape index (κ3) is 5.64. The van der Waals surface area contributed by atoms with Gasteiger partial charge in [-0.1, -0.05) is 32.9 Å². The highest BCUT2D eigenvalue weighted by atomic mass is 16.6. The van der Waals surface area contributed by atoms with Gasteiger partial charge < -0.3 is 10.1 Å². The number of non-ortho nitro benzene ring substituents is 1. The molecule has 7 heteroatoms. The number of nitrogens with one attached hydrogen (secondary N) is 1. The van der Waals surface area contributed by atoms with E-state index in [2.05, 4.69) is 26.1 Å². The summed E-state index contributed by atoms with van der Waals surface area (Å²) >= 11 is 0. The topological polar surface area (TPSA) is 98.5 Å². The molecule has 2 aromatic rings. The van der Waals surface area contributed by atoms with Crippen LogP contribution in [0.3, 0.4) is 0 Å². The van der Waals surface area contributed by atoms with Crippen LogP contribution in [-0.4, -0.2) is 23.3 Å². The van der Waals surface area contributed by atoms with Gasteiger partial charge in [0.15, 0.2) is 0 Å². The lowest BCUT2D eigenvalue weighted by Gasteiger charge is -2.20. The largest absolute Gasteiger partial charge is 0.426 e. The van der Waals surface area contributed by atoms with Gasteiger partial charge in [-0.15, -0.1) is 0 Å². The molecule has 0 fully saturated rings. The SMILES string of the molecule is Cc1cc(C(C)(C)C)ccc1OC(=O)CCNC(=O)c1ccc([N+](=O)[O-])cc1. The second kappa shape index (κ2) is 8.65. The summed E-state index contributed by atoms with van der Waals surface area (Å²) in [5.41, 5.74) is 2.23. The van der Waals surface area contributed by atoms with Crippen LogP contribution in [0.5, 0.6) is 5.75 Å². The molecule has 0 atom stereocenters. The quantitative estimate of drug-likeness (QED) is 0.352. The van der Waals surface area contributed by atoms with Crippen molar-refractivity contribution in [2.75, 3.05) is 6.54 Å². The second-order valence-electron chi connectivity index (χ2n) is 7.51. The molecule has 0 spiro atoms. The molecule has 0 aliphatic rings. The van der Waals surface area contributed by atoms with E-state index in [-0.39, 0.29) is 29.6 Å². The molecule has 0 aliphatic carbocycles. The molecule has 28 heavy (non-hydrogen) atoms. The van der Waals surface area contributed by atoms with Crippen LogP contribution in [0.4, 0.5) is 5.69 Å². The molecule has 0 saturated carbocycles. The third-order valence-corrected chi connectivity index (χ3v) is 4.22. The second-order valence-corrected chi connectivity index (χ2v) is 7.51. The van der Waals surface area contributed by atoms with Crippen LogP contribution in [0.1, 0.15) is 48.7 Å². The summed E-state index contributed by atoms with van der Waals surface area (Å²) in [7, 11) is 0. The molecule has 0 heterocycles. The van der Waals surface area contributed by atoms with E-state index in [9.17, 15) is 19.7 Å². The average molecular weight is 384 g/mol. The monoisotopic (exact) mass is 384 g/mol. The Kier molecular flexibility index (Phi) is 6.51. The van der Waals surface area contributed by atoms with Crippen molar-refractivity contribution < 1.29 is 19.2 Å². The highest BCUT2D eigenvalue weighted by molar-refractivity contribution is 5.94. The third-order valence-electron chi connectivity index (χ3n) is 4.22. The molecule has 0 radical (unpaired) electrons. The average Bonchev–Trinajstić information content (AvgIpc) is 2.62. The zero-order valence-corrected chi connectivity index (χ0v) is 16.4. The molecular formula is C21H24N2O5. The number of nitro benzene ring substituents is 1. The molecule has 148 valence electrons. The first-order valence-electron chi connectivity index (χ1n) is 8.92. The Balaban J connectivity index is 1.85. The van der Waals surface area contributed by atoms with Crippen molar-refractivity contribution >= 4 is 17.6 Å². The number of hydrogen-bond donors (Lipinski definition) is 1. The van der Waals surface area contributed by atoms with Crippen LogP contribution in [0.25, 0.3) is 0 Å². The van der Waals surface area contributed by atoms with E-state index in [1.165, 1.54) is 24.3 Å². The molecular weight excluding hydrogens is 360 g/mol. The first-order chi connectivity index (χ1) is 13.1. The van der Waals surface area contributed by atoms with Crippen molar-refractivity contribution in [3.8, 4) is 5.75 Å². The van der Waals surface area contributed by atoms with Gasteiger partial charge >= 0.3 is 5.97 Å². The molecule has 1 N–H and O–H groups in total. The highest BCUT2D eigenvalue weighted by Crippen LogP contribution is 2.27. The summed E-state index contributed by atoms with van der Waals surface area (Å²) in [5, 5.41) is 13.2. The molecule has 2 aromatic carbocycles. The van der Waals surface area contributed by atoms with Gasteiger partial charge in [-0.3, -0.25) is 19.7 Å². The van der Waals surface area contributed by atoms with Crippen molar-refractivity contribution in [3.63, 3.8) is 0 Å². The zero-order valence-electron chi connectivity index (χ0n) is 16.4. The summed E-state index contributed by atoms with van der Waals surface area (Å²) in [6.45, 7) is 8.32. The smallest absolute Gasteiger partial charge is 0.312 e. The number of carbonyl (C=O) groups excluding carboxylic acids is 2. The van der Waals surface area contributed by atoms with Crippen LogP contribution >= 0.6 is 0 Å². The lowest BCUT2D eigenvalue weighted by molar-refractivity contribution is -0.384. The number of aryl methyl sites for hydroxylation is 1. The van der Waals surface area contributed by atoms with Crippen LogP contribution in [0, 0.1) is 17.0 Å². The minimum Gasteiger partial charge on any atom is -0.426 e. The van der Waals surface area contributed by atoms with E-state index in [0.29, 0.717) is 5.75 Å². The van der Waals surface area contributed by atoms with E-state index in [4.69, 9.17) is 4.74 Å². The predicted molar refractivity (Wildman–Crippen MR) is 106 cm³/mol. The van der Waals surface area contributed by atoms with Crippen molar-refractivity contribution in [3.05, 3.63) is 69.3 Å². The number of nitro groups is 1. The number of carbonyl (C=O) groups is 2. The Labute approximate surface area is 163 Å². The minimum absolute atomic E-state index is 0.00937. The zero-order chi connectivity index (χ0) is 20.9. The van der Waals surface area contributed by atoms with Crippen LogP contribution in [0.2, 0.25) is 0 Å². The molecule has 0 saturated heterocycles. The first-order valence-corrected chi connectivity index (χ1v) is 8.92. The standard InChI is InChI=1S/C21H24N2O5/c1-14-13-16(21(2,3)4)7-10-18(14)28-19(24)11-12-22-20(25)15-5-8-17(9-6-15)23(26)27/h5-10,13H,11-12H2,1-4H3,(H,22,25). The molecule has 1 amide bonds. The number of amides is 1. The van der Waals surface area contributed by atoms with Crippen molar-refractivity contribution in [2.24, 2.45) is 0 Å². The Hall–Kier alpha value is -3.22. The van der Waals surface area contributed by atoms with Crippen molar-refractivity contribution in [1.82, 2.24) is 5.32 Å². The van der Waals surface area contributed by atoms with Crippen molar-refractivity contribution in [2.45, 2.75) is 39.5 Å². The number of nitrogens with zero attached hydrogens (tertiary/aromatic N) is 1. The van der Waals surface area contributed by atoms with E-state index in [1.807, 2.05) is 19.1 Å². The van der Waals surface area contributed by atoms with Gasteiger partial charge in [0.1, 0.15) is 5.75 Å².